The molecule has 0 aliphatic carbocycles. The Morgan fingerprint density at radius 2 is 1.63 bits per heavy atom. The fourth-order valence-electron chi connectivity index (χ4n) is 2.90. The van der Waals surface area contributed by atoms with Gasteiger partial charge < -0.3 is 0 Å². The predicted molar refractivity (Wildman–Crippen MR) is 72.9 cm³/mol. The van der Waals surface area contributed by atoms with Gasteiger partial charge in [0.05, 0.1) is 0 Å². The third kappa shape index (κ3) is 3.02. The first-order chi connectivity index (χ1) is 8.90. The van der Waals surface area contributed by atoms with Gasteiger partial charge in [0.1, 0.15) is 0 Å². The van der Waals surface area contributed by atoms with E-state index in [1.807, 2.05) is 38.1 Å². The molecule has 0 radical (unpaired) electrons. The fraction of sp³-hybridized carbons (Fsp3) is 0.429. The van der Waals surface area contributed by atoms with Crippen LogP contribution >= 0.6 is 0 Å². The zero-order valence-corrected chi connectivity index (χ0v) is 13.5. The molecule has 0 saturated carbocycles. The third-order valence-electron chi connectivity index (χ3n) is 3.99. The van der Waals surface area contributed by atoms with Crippen molar-refractivity contribution in [1.82, 2.24) is 0 Å². The van der Waals surface area contributed by atoms with Crippen molar-refractivity contribution in [2.45, 2.75) is 32.1 Å². The SMILES string of the molecule is CCC(CC)(c1cccc[c]1[Na])C(C(=O)O)C(=O)O. The van der Waals surface area contributed by atoms with E-state index in [0.717, 1.165) is 36.3 Å². The Morgan fingerprint density at radius 1 is 1.16 bits per heavy atom. The van der Waals surface area contributed by atoms with Crippen molar-refractivity contribution < 1.29 is 19.8 Å². The summed E-state index contributed by atoms with van der Waals surface area (Å²) >= 11 is 0.767. The summed E-state index contributed by atoms with van der Waals surface area (Å²) in [5, 5.41) is 18.6. The van der Waals surface area contributed by atoms with Crippen LogP contribution in [0.25, 0.3) is 0 Å². The van der Waals surface area contributed by atoms with Crippen LogP contribution in [0.15, 0.2) is 24.3 Å². The van der Waals surface area contributed by atoms with Crippen molar-refractivity contribution >= 4 is 42.7 Å². The summed E-state index contributed by atoms with van der Waals surface area (Å²) < 4.78 is 1.07. The van der Waals surface area contributed by atoms with Gasteiger partial charge in [-0.15, -0.1) is 0 Å². The molecule has 0 saturated heterocycles. The van der Waals surface area contributed by atoms with Crippen LogP contribution in [0.4, 0.5) is 0 Å². The molecule has 0 bridgehead atoms. The topological polar surface area (TPSA) is 74.6 Å². The number of rotatable bonds is 6. The van der Waals surface area contributed by atoms with Crippen molar-refractivity contribution in [3.8, 4) is 0 Å². The Labute approximate surface area is 130 Å². The first-order valence-electron chi connectivity index (χ1n) is 6.42. The summed E-state index contributed by atoms with van der Waals surface area (Å²) in [6.45, 7) is 3.72. The van der Waals surface area contributed by atoms with Crippen molar-refractivity contribution in [2.75, 3.05) is 0 Å². The van der Waals surface area contributed by atoms with E-state index < -0.39 is 23.3 Å². The molecule has 0 atom stereocenters. The molecule has 2 N–H and O–H groups in total. The van der Waals surface area contributed by atoms with Gasteiger partial charge in [-0.2, -0.15) is 0 Å². The van der Waals surface area contributed by atoms with E-state index >= 15 is 0 Å². The van der Waals surface area contributed by atoms with Crippen molar-refractivity contribution in [3.05, 3.63) is 29.8 Å². The molecule has 0 aromatic heterocycles. The van der Waals surface area contributed by atoms with Crippen LogP contribution < -0.4 is 2.81 Å². The van der Waals surface area contributed by atoms with E-state index in [2.05, 4.69) is 0 Å². The van der Waals surface area contributed by atoms with E-state index in [0.29, 0.717) is 12.8 Å². The normalized spacial score (nSPS) is 11.6. The second-order valence-electron chi connectivity index (χ2n) is 4.79. The second kappa shape index (κ2) is 6.55. The Balaban J connectivity index is 3.51. The molecule has 0 amide bonds. The van der Waals surface area contributed by atoms with Gasteiger partial charge in [0.25, 0.3) is 0 Å². The summed E-state index contributed by atoms with van der Waals surface area (Å²) in [5.74, 6) is -3.93. The quantitative estimate of drug-likeness (QED) is 0.605. The first-order valence-corrected chi connectivity index (χ1v) is 7.42. The molecule has 5 heteroatoms. The average molecular weight is 272 g/mol. The van der Waals surface area contributed by atoms with Crippen LogP contribution in [0.3, 0.4) is 0 Å². The maximum atomic E-state index is 11.4. The molecule has 0 aliphatic heterocycles. The molecular formula is C14H17NaO4. The molecule has 1 aromatic carbocycles. The zero-order valence-electron chi connectivity index (χ0n) is 11.5. The molecule has 0 fully saturated rings. The van der Waals surface area contributed by atoms with Gasteiger partial charge >= 0.3 is 130 Å². The van der Waals surface area contributed by atoms with Crippen LogP contribution in [0.2, 0.25) is 0 Å². The Morgan fingerprint density at radius 3 is 2.00 bits per heavy atom. The van der Waals surface area contributed by atoms with Gasteiger partial charge in [0.15, 0.2) is 0 Å². The van der Waals surface area contributed by atoms with Crippen molar-refractivity contribution in [1.29, 1.82) is 0 Å². The zero-order chi connectivity index (χ0) is 14.6. The summed E-state index contributed by atoms with van der Waals surface area (Å²) in [7, 11) is 0. The van der Waals surface area contributed by atoms with Crippen LogP contribution in [-0.4, -0.2) is 50.1 Å². The van der Waals surface area contributed by atoms with Crippen LogP contribution in [-0.2, 0) is 15.0 Å². The van der Waals surface area contributed by atoms with Crippen LogP contribution in [0, 0.1) is 5.92 Å². The standard InChI is InChI=1S/C14H17O4.Na/c1-3-14(4-2,10-8-6-5-7-9-10)11(12(15)16)13(17)18;/h5-8,11H,3-4H2,1-2H3,(H,15,16)(H,17,18);. The monoisotopic (exact) mass is 272 g/mol. The molecule has 4 nitrogen and oxygen atoms in total. The average Bonchev–Trinajstić information content (AvgIpc) is 2.35. The number of aliphatic carboxylic acids is 2. The number of hydrogen-bond donors (Lipinski definition) is 2. The van der Waals surface area contributed by atoms with Crippen LogP contribution in [0.1, 0.15) is 32.3 Å². The maximum absolute atomic E-state index is 11.4. The summed E-state index contributed by atoms with van der Waals surface area (Å²) in [6.07, 6.45) is 0.984. The van der Waals surface area contributed by atoms with Gasteiger partial charge in [-0.25, -0.2) is 0 Å². The number of benzene rings is 1. The summed E-state index contributed by atoms with van der Waals surface area (Å²) in [6, 6.07) is 7.56. The molecule has 1 aromatic rings. The van der Waals surface area contributed by atoms with E-state index in [-0.39, 0.29) is 0 Å². The molecule has 0 spiro atoms. The number of carbonyl (C=O) groups is 2. The second-order valence-corrected chi connectivity index (χ2v) is 5.87. The Kier molecular flexibility index (Phi) is 5.59. The van der Waals surface area contributed by atoms with Crippen molar-refractivity contribution in [2.24, 2.45) is 5.92 Å². The van der Waals surface area contributed by atoms with E-state index in [1.165, 1.54) is 0 Å². The van der Waals surface area contributed by atoms with E-state index in [9.17, 15) is 19.8 Å². The molecule has 1 rings (SSSR count). The number of hydrogen-bond acceptors (Lipinski definition) is 2. The molecule has 98 valence electrons. The minimum absolute atomic E-state index is 0.492. The Hall–Kier alpha value is -0.840. The van der Waals surface area contributed by atoms with Crippen LogP contribution in [0.5, 0.6) is 0 Å². The first kappa shape index (κ1) is 16.2. The van der Waals surface area contributed by atoms with Gasteiger partial charge in [-0.3, -0.25) is 0 Å². The fourth-order valence-corrected chi connectivity index (χ4v) is 3.76. The number of carboxylic acid groups (broad SMARTS) is 2. The van der Waals surface area contributed by atoms with Gasteiger partial charge in [0.2, 0.25) is 0 Å². The molecule has 0 unspecified atom stereocenters. The van der Waals surface area contributed by atoms with E-state index in [4.69, 9.17) is 0 Å². The summed E-state index contributed by atoms with van der Waals surface area (Å²) in [5.41, 5.74) is 0.0391. The summed E-state index contributed by atoms with van der Waals surface area (Å²) in [4.78, 5) is 22.8. The molecule has 0 heterocycles. The molecule has 0 aliphatic rings. The third-order valence-corrected chi connectivity index (χ3v) is 4.86. The van der Waals surface area contributed by atoms with Gasteiger partial charge in [-0.05, 0) is 0 Å². The predicted octanol–water partition coefficient (Wildman–Crippen LogP) is 1.32. The molecule has 19 heavy (non-hydrogen) atoms. The number of carboxylic acids is 2. The van der Waals surface area contributed by atoms with Gasteiger partial charge in [0, 0.05) is 0 Å². The van der Waals surface area contributed by atoms with Gasteiger partial charge in [-0.1, -0.05) is 0 Å². The Bertz CT molecular complexity index is 466. The van der Waals surface area contributed by atoms with Crippen molar-refractivity contribution in [3.63, 3.8) is 0 Å². The minimum atomic E-state index is -1.41. The molecular weight excluding hydrogens is 255 g/mol. The van der Waals surface area contributed by atoms with E-state index in [1.54, 1.807) is 0 Å².